The van der Waals surface area contributed by atoms with Crippen molar-refractivity contribution in [3.05, 3.63) is 86.8 Å². The molecule has 1 fully saturated rings. The maximum atomic E-state index is 13.3. The van der Waals surface area contributed by atoms with Gasteiger partial charge >= 0.3 is 0 Å². The Morgan fingerprint density at radius 3 is 2.28 bits per heavy atom. The summed E-state index contributed by atoms with van der Waals surface area (Å²) in [4.78, 5) is 28.0. The molecule has 3 aromatic carbocycles. The first-order valence-corrected chi connectivity index (χ1v) is 13.9. The molecule has 0 saturated carbocycles. The van der Waals surface area contributed by atoms with Gasteiger partial charge in [0.15, 0.2) is 22.4 Å². The summed E-state index contributed by atoms with van der Waals surface area (Å²) in [7, 11) is 0. The average molecular weight is 561 g/mol. The van der Waals surface area contributed by atoms with E-state index in [1.54, 1.807) is 23.1 Å². The zero-order chi connectivity index (χ0) is 28.3. The summed E-state index contributed by atoms with van der Waals surface area (Å²) in [5, 5.41) is 2.95. The summed E-state index contributed by atoms with van der Waals surface area (Å²) in [5.74, 6) is 0.524. The van der Waals surface area contributed by atoms with Crippen molar-refractivity contribution in [3.63, 3.8) is 0 Å². The van der Waals surface area contributed by atoms with Crippen LogP contribution in [0.4, 0.5) is 11.4 Å². The van der Waals surface area contributed by atoms with E-state index in [4.69, 9.17) is 21.7 Å². The predicted octanol–water partition coefficient (Wildman–Crippen LogP) is 7.05. The zero-order valence-electron chi connectivity index (χ0n) is 23.0. The normalized spacial score (nSPS) is 14.2. The molecule has 1 N–H and O–H groups in total. The monoisotopic (exact) mass is 560 g/mol. The molecule has 0 radical (unpaired) electrons. The van der Waals surface area contributed by atoms with Gasteiger partial charge in [0.2, 0.25) is 0 Å². The third-order valence-electron chi connectivity index (χ3n) is 6.25. The molecule has 4 rings (SSSR count). The number of thiocarbonyl (C=S) groups is 1. The number of carbonyl (C=O) groups excluding carboxylic acids is 2. The topological polar surface area (TPSA) is 67.9 Å². The summed E-state index contributed by atoms with van der Waals surface area (Å²) >= 11 is 6.82. The third-order valence-corrected chi connectivity index (χ3v) is 7.55. The van der Waals surface area contributed by atoms with E-state index >= 15 is 0 Å². The molecule has 0 unspecified atom stereocenters. The van der Waals surface area contributed by atoms with E-state index in [2.05, 4.69) is 5.32 Å². The number of aryl methyl sites for hydroxylation is 5. The van der Waals surface area contributed by atoms with E-state index in [0.29, 0.717) is 27.3 Å². The van der Waals surface area contributed by atoms with Crippen molar-refractivity contribution in [3.8, 4) is 11.5 Å². The first kappa shape index (κ1) is 28.4. The van der Waals surface area contributed by atoms with Crippen molar-refractivity contribution in [1.29, 1.82) is 0 Å². The number of amides is 2. The lowest BCUT2D eigenvalue weighted by atomic mass is 10.1. The molecule has 0 aromatic heterocycles. The summed E-state index contributed by atoms with van der Waals surface area (Å²) in [5.41, 5.74) is 7.62. The van der Waals surface area contributed by atoms with Crippen molar-refractivity contribution in [2.75, 3.05) is 23.4 Å². The van der Waals surface area contributed by atoms with Crippen molar-refractivity contribution in [2.45, 2.75) is 41.5 Å². The summed E-state index contributed by atoms with van der Waals surface area (Å²) in [6, 6.07) is 15.4. The van der Waals surface area contributed by atoms with E-state index in [9.17, 15) is 9.59 Å². The number of nitrogens with zero attached hydrogens (tertiary/aromatic N) is 1. The number of hydrogen-bond donors (Lipinski definition) is 1. The number of anilines is 2. The van der Waals surface area contributed by atoms with Gasteiger partial charge in [-0.05, 0) is 88.1 Å². The molecule has 0 atom stereocenters. The van der Waals surface area contributed by atoms with E-state index in [1.807, 2.05) is 77.9 Å². The number of hydrogen-bond acceptors (Lipinski definition) is 6. The van der Waals surface area contributed by atoms with Gasteiger partial charge in [0.1, 0.15) is 0 Å². The Morgan fingerprint density at radius 1 is 0.923 bits per heavy atom. The molecule has 1 aliphatic rings. The van der Waals surface area contributed by atoms with E-state index in [1.165, 1.54) is 11.8 Å². The molecule has 8 heteroatoms. The van der Waals surface area contributed by atoms with Crippen LogP contribution in [-0.4, -0.2) is 29.3 Å². The molecule has 1 aliphatic heterocycles. The Bertz CT molecular complexity index is 1470. The van der Waals surface area contributed by atoms with Gasteiger partial charge in [0.25, 0.3) is 11.8 Å². The number of nitrogens with one attached hydrogen (secondary N) is 1. The highest BCUT2D eigenvalue weighted by molar-refractivity contribution is 8.27. The number of benzene rings is 3. The average Bonchev–Trinajstić information content (AvgIpc) is 3.13. The van der Waals surface area contributed by atoms with Crippen LogP contribution in [0.25, 0.3) is 6.08 Å². The fourth-order valence-electron chi connectivity index (χ4n) is 4.58. The smallest absolute Gasteiger partial charge is 0.270 e. The highest BCUT2D eigenvalue weighted by atomic mass is 32.2. The Hall–Kier alpha value is -3.62. The van der Waals surface area contributed by atoms with Crippen LogP contribution in [0.3, 0.4) is 0 Å². The molecule has 3 aromatic rings. The van der Waals surface area contributed by atoms with Crippen molar-refractivity contribution in [1.82, 2.24) is 0 Å². The van der Waals surface area contributed by atoms with Crippen LogP contribution in [-0.2, 0) is 9.59 Å². The van der Waals surface area contributed by atoms with Crippen LogP contribution in [0.5, 0.6) is 11.5 Å². The molecule has 1 heterocycles. The second-order valence-corrected chi connectivity index (χ2v) is 11.2. The maximum absolute atomic E-state index is 13.3. The van der Waals surface area contributed by atoms with Gasteiger partial charge in [-0.1, -0.05) is 65.4 Å². The Labute approximate surface area is 239 Å². The van der Waals surface area contributed by atoms with Crippen LogP contribution in [0.15, 0.2) is 53.4 Å². The second-order valence-electron chi connectivity index (χ2n) is 9.56. The Kier molecular flexibility index (Phi) is 8.77. The van der Waals surface area contributed by atoms with Crippen molar-refractivity contribution in [2.24, 2.45) is 0 Å². The highest BCUT2D eigenvalue weighted by Crippen LogP contribution is 2.38. The minimum atomic E-state index is -0.258. The molecule has 0 aliphatic carbocycles. The van der Waals surface area contributed by atoms with Crippen LogP contribution in [0, 0.1) is 34.6 Å². The van der Waals surface area contributed by atoms with Gasteiger partial charge in [-0.25, -0.2) is 0 Å². The minimum absolute atomic E-state index is 0.159. The number of carbonyl (C=O) groups is 2. The lowest BCUT2D eigenvalue weighted by Crippen LogP contribution is -2.28. The second kappa shape index (κ2) is 12.1. The van der Waals surface area contributed by atoms with Gasteiger partial charge in [-0.2, -0.15) is 0 Å². The largest absolute Gasteiger partial charge is 0.490 e. The third kappa shape index (κ3) is 6.52. The number of thioether (sulfide) groups is 1. The predicted molar refractivity (Wildman–Crippen MR) is 164 cm³/mol. The van der Waals surface area contributed by atoms with Gasteiger partial charge in [0.05, 0.1) is 17.2 Å². The van der Waals surface area contributed by atoms with Crippen LogP contribution < -0.4 is 19.7 Å². The summed E-state index contributed by atoms with van der Waals surface area (Å²) < 4.78 is 12.1. The van der Waals surface area contributed by atoms with Crippen LogP contribution in [0.1, 0.15) is 40.3 Å². The molecule has 202 valence electrons. The van der Waals surface area contributed by atoms with Gasteiger partial charge < -0.3 is 14.8 Å². The zero-order valence-corrected chi connectivity index (χ0v) is 24.6. The van der Waals surface area contributed by atoms with Crippen LogP contribution in [0.2, 0.25) is 0 Å². The number of rotatable bonds is 8. The standard InChI is InChI=1S/C31H32N2O4S2/c1-7-36-26-15-23(16-27-30(35)33(31(38)39-27)24-10-8-18(2)12-20(24)4)9-11-25(26)37-17-28(34)32-29-21(5)13-19(3)14-22(29)6/h8-16H,7,17H2,1-6H3,(H,32,34)/b27-16-. The van der Waals surface area contributed by atoms with E-state index in [-0.39, 0.29) is 18.4 Å². The SMILES string of the molecule is CCOc1cc(/C=C2\SC(=S)N(c3ccc(C)cc3C)C2=O)ccc1OCC(=O)Nc1c(C)cc(C)cc1C. The van der Waals surface area contributed by atoms with Gasteiger partial charge in [0, 0.05) is 5.69 Å². The first-order valence-electron chi connectivity index (χ1n) is 12.7. The van der Waals surface area contributed by atoms with Gasteiger partial charge in [-0.3, -0.25) is 14.5 Å². The molecule has 0 spiro atoms. The maximum Gasteiger partial charge on any atom is 0.270 e. The summed E-state index contributed by atoms with van der Waals surface area (Å²) in [6.07, 6.45) is 1.80. The van der Waals surface area contributed by atoms with Gasteiger partial charge in [-0.15, -0.1) is 0 Å². The van der Waals surface area contributed by atoms with Crippen molar-refractivity contribution < 1.29 is 19.1 Å². The molecule has 0 bridgehead atoms. The highest BCUT2D eigenvalue weighted by Gasteiger charge is 2.34. The molecule has 6 nitrogen and oxygen atoms in total. The number of ether oxygens (including phenoxy) is 2. The summed E-state index contributed by atoms with van der Waals surface area (Å²) in [6.45, 7) is 12.1. The molecule has 2 amide bonds. The van der Waals surface area contributed by atoms with E-state index in [0.717, 1.165) is 44.8 Å². The fraction of sp³-hybridized carbons (Fsp3) is 0.258. The Morgan fingerprint density at radius 2 is 1.62 bits per heavy atom. The van der Waals surface area contributed by atoms with E-state index < -0.39 is 0 Å². The lowest BCUT2D eigenvalue weighted by molar-refractivity contribution is -0.118. The molecular weight excluding hydrogens is 528 g/mol. The minimum Gasteiger partial charge on any atom is -0.490 e. The fourth-order valence-corrected chi connectivity index (χ4v) is 5.87. The molecule has 1 saturated heterocycles. The Balaban J connectivity index is 1.50. The van der Waals surface area contributed by atoms with Crippen molar-refractivity contribution >= 4 is 57.6 Å². The first-order chi connectivity index (χ1) is 18.6. The molecular formula is C31H32N2O4S2. The quantitative estimate of drug-likeness (QED) is 0.235. The lowest BCUT2D eigenvalue weighted by Gasteiger charge is -2.17. The van der Waals surface area contributed by atoms with Crippen LogP contribution >= 0.6 is 24.0 Å². The molecule has 39 heavy (non-hydrogen) atoms.